The molecular weight excluding hydrogens is 521 g/mol. The lowest BCUT2D eigenvalue weighted by Gasteiger charge is -2.13. The Bertz CT molecular complexity index is 1390. The standard InChI is InChI=1S/C26H21F3N4O6/c27-26(28,29)19-3-1-2-4-20(19)32-23(34)14-37-18-8-5-16(6-9-18)13-31-33-25(36)24(35)30-12-17-7-10-21-22(11-17)39-15-38-21/h1-11,13H,12,14-15H2,(H,30,35)(H,32,34)(H,33,36)/b31-13-. The molecule has 3 amide bonds. The first-order valence-electron chi connectivity index (χ1n) is 11.4. The third-order valence-electron chi connectivity index (χ3n) is 5.23. The Kier molecular flexibility index (Phi) is 8.29. The van der Waals surface area contributed by atoms with E-state index in [1.54, 1.807) is 30.3 Å². The number of hydrogen-bond donors (Lipinski definition) is 3. The lowest BCUT2D eigenvalue weighted by atomic mass is 10.1. The van der Waals surface area contributed by atoms with Crippen LogP contribution in [0.4, 0.5) is 18.9 Å². The highest BCUT2D eigenvalue weighted by Crippen LogP contribution is 2.34. The van der Waals surface area contributed by atoms with Crippen LogP contribution in [0.1, 0.15) is 16.7 Å². The molecule has 1 aliphatic rings. The van der Waals surface area contributed by atoms with E-state index in [1.807, 2.05) is 0 Å². The number of hydrazone groups is 1. The van der Waals surface area contributed by atoms with Crippen LogP contribution in [-0.4, -0.2) is 37.3 Å². The number of alkyl halides is 3. The highest BCUT2D eigenvalue weighted by atomic mass is 19.4. The summed E-state index contributed by atoms with van der Waals surface area (Å²) >= 11 is 0. The summed E-state index contributed by atoms with van der Waals surface area (Å²) in [6.45, 7) is -0.291. The van der Waals surface area contributed by atoms with Gasteiger partial charge in [-0.15, -0.1) is 0 Å². The molecule has 1 aliphatic heterocycles. The van der Waals surface area contributed by atoms with Gasteiger partial charge in [-0.3, -0.25) is 14.4 Å². The summed E-state index contributed by atoms with van der Waals surface area (Å²) in [5, 5.41) is 8.38. The summed E-state index contributed by atoms with van der Waals surface area (Å²) in [6, 6.07) is 15.9. The summed E-state index contributed by atoms with van der Waals surface area (Å²) in [6.07, 6.45) is -3.33. The molecule has 0 fully saturated rings. The predicted molar refractivity (Wildman–Crippen MR) is 132 cm³/mol. The van der Waals surface area contributed by atoms with Gasteiger partial charge in [0.15, 0.2) is 18.1 Å². The smallest absolute Gasteiger partial charge is 0.418 e. The number of carbonyl (C=O) groups excluding carboxylic acids is 3. The summed E-state index contributed by atoms with van der Waals surface area (Å²) in [5.74, 6) is -1.18. The highest BCUT2D eigenvalue weighted by molar-refractivity contribution is 6.35. The molecule has 4 rings (SSSR count). The number of para-hydroxylation sites is 1. The number of hydrogen-bond acceptors (Lipinski definition) is 7. The molecule has 0 atom stereocenters. The van der Waals surface area contributed by atoms with Crippen LogP contribution in [0.15, 0.2) is 71.8 Å². The van der Waals surface area contributed by atoms with Crippen LogP contribution in [0, 0.1) is 0 Å². The van der Waals surface area contributed by atoms with E-state index < -0.39 is 36.1 Å². The van der Waals surface area contributed by atoms with E-state index in [-0.39, 0.29) is 24.8 Å². The lowest BCUT2D eigenvalue weighted by Crippen LogP contribution is -2.37. The first kappa shape index (κ1) is 27.0. The zero-order chi connectivity index (χ0) is 27.8. The minimum atomic E-state index is -4.61. The zero-order valence-corrected chi connectivity index (χ0v) is 20.1. The Morgan fingerprint density at radius 1 is 0.949 bits per heavy atom. The van der Waals surface area contributed by atoms with Gasteiger partial charge in [-0.05, 0) is 59.7 Å². The molecule has 13 heteroatoms. The Morgan fingerprint density at radius 3 is 2.46 bits per heavy atom. The molecule has 0 saturated heterocycles. The van der Waals surface area contributed by atoms with Crippen molar-refractivity contribution in [3.8, 4) is 17.2 Å². The minimum Gasteiger partial charge on any atom is -0.484 e. The number of carbonyl (C=O) groups is 3. The van der Waals surface area contributed by atoms with Crippen molar-refractivity contribution in [2.45, 2.75) is 12.7 Å². The quantitative estimate of drug-likeness (QED) is 0.228. The fourth-order valence-electron chi connectivity index (χ4n) is 3.35. The van der Waals surface area contributed by atoms with E-state index >= 15 is 0 Å². The molecule has 0 radical (unpaired) electrons. The van der Waals surface area contributed by atoms with Crippen LogP contribution < -0.4 is 30.3 Å². The molecular formula is C26H21F3N4O6. The van der Waals surface area contributed by atoms with Gasteiger partial charge in [0.05, 0.1) is 17.5 Å². The summed E-state index contributed by atoms with van der Waals surface area (Å²) in [5.41, 5.74) is 2.03. The van der Waals surface area contributed by atoms with Gasteiger partial charge < -0.3 is 24.8 Å². The van der Waals surface area contributed by atoms with Gasteiger partial charge in [0.25, 0.3) is 5.91 Å². The maximum atomic E-state index is 13.1. The number of fused-ring (bicyclic) bond motifs is 1. The Labute approximate surface area is 219 Å². The summed E-state index contributed by atoms with van der Waals surface area (Å²) in [4.78, 5) is 36.0. The van der Waals surface area contributed by atoms with Crippen LogP contribution in [-0.2, 0) is 27.1 Å². The monoisotopic (exact) mass is 542 g/mol. The van der Waals surface area contributed by atoms with Crippen molar-refractivity contribution < 1.29 is 41.8 Å². The molecule has 202 valence electrons. The number of ether oxygens (including phenoxy) is 3. The number of nitrogens with one attached hydrogen (secondary N) is 3. The Hall–Kier alpha value is -5.07. The van der Waals surface area contributed by atoms with Crippen molar-refractivity contribution in [3.05, 3.63) is 83.4 Å². The van der Waals surface area contributed by atoms with Crippen LogP contribution >= 0.6 is 0 Å². The molecule has 0 aliphatic carbocycles. The van der Waals surface area contributed by atoms with E-state index in [2.05, 4.69) is 21.2 Å². The first-order chi connectivity index (χ1) is 18.7. The second-order valence-electron chi connectivity index (χ2n) is 8.02. The molecule has 3 N–H and O–H groups in total. The van der Waals surface area contributed by atoms with E-state index in [9.17, 15) is 27.6 Å². The van der Waals surface area contributed by atoms with E-state index in [1.165, 1.54) is 30.5 Å². The van der Waals surface area contributed by atoms with Gasteiger partial charge in [0, 0.05) is 6.54 Å². The maximum absolute atomic E-state index is 13.1. The first-order valence-corrected chi connectivity index (χ1v) is 11.4. The molecule has 0 saturated carbocycles. The van der Waals surface area contributed by atoms with Crippen LogP contribution in [0.5, 0.6) is 17.2 Å². The van der Waals surface area contributed by atoms with Gasteiger partial charge in [-0.1, -0.05) is 18.2 Å². The highest BCUT2D eigenvalue weighted by Gasteiger charge is 2.33. The van der Waals surface area contributed by atoms with Crippen molar-refractivity contribution in [2.24, 2.45) is 5.10 Å². The molecule has 3 aromatic rings. The number of nitrogens with zero attached hydrogens (tertiary/aromatic N) is 1. The topological polar surface area (TPSA) is 127 Å². The van der Waals surface area contributed by atoms with Gasteiger partial charge in [0.1, 0.15) is 5.75 Å². The van der Waals surface area contributed by atoms with E-state index in [4.69, 9.17) is 14.2 Å². The number of halogens is 3. The Balaban J connectivity index is 1.20. The molecule has 0 bridgehead atoms. The Morgan fingerprint density at radius 2 is 1.69 bits per heavy atom. The van der Waals surface area contributed by atoms with E-state index in [0.717, 1.165) is 17.7 Å². The third-order valence-corrected chi connectivity index (χ3v) is 5.23. The summed E-state index contributed by atoms with van der Waals surface area (Å²) < 4.78 is 54.9. The fraction of sp³-hybridized carbons (Fsp3) is 0.154. The molecule has 10 nitrogen and oxygen atoms in total. The molecule has 3 aromatic carbocycles. The van der Waals surface area contributed by atoms with Crippen molar-refractivity contribution >= 4 is 29.6 Å². The second-order valence-corrected chi connectivity index (χ2v) is 8.02. The number of amides is 3. The van der Waals surface area contributed by atoms with Gasteiger partial charge in [-0.25, -0.2) is 5.43 Å². The number of benzene rings is 3. The average molecular weight is 542 g/mol. The third kappa shape index (κ3) is 7.47. The number of anilines is 1. The van der Waals surface area contributed by atoms with Crippen molar-refractivity contribution in [3.63, 3.8) is 0 Å². The predicted octanol–water partition coefficient (Wildman–Crippen LogP) is 3.22. The maximum Gasteiger partial charge on any atom is 0.418 e. The SMILES string of the molecule is O=C(COc1ccc(/C=N\NC(=O)C(=O)NCc2ccc3c(c2)OCO3)cc1)Nc1ccccc1C(F)(F)F. The van der Waals surface area contributed by atoms with Crippen LogP contribution in [0.25, 0.3) is 0 Å². The van der Waals surface area contributed by atoms with Crippen LogP contribution in [0.3, 0.4) is 0 Å². The fourth-order valence-corrected chi connectivity index (χ4v) is 3.35. The van der Waals surface area contributed by atoms with Gasteiger partial charge >= 0.3 is 18.0 Å². The van der Waals surface area contributed by atoms with Gasteiger partial charge in [0.2, 0.25) is 6.79 Å². The average Bonchev–Trinajstić information content (AvgIpc) is 3.39. The van der Waals surface area contributed by atoms with Crippen molar-refractivity contribution in [2.75, 3.05) is 18.7 Å². The van der Waals surface area contributed by atoms with Gasteiger partial charge in [-0.2, -0.15) is 18.3 Å². The number of rotatable bonds is 8. The molecule has 0 unspecified atom stereocenters. The molecule has 1 heterocycles. The molecule has 0 aromatic heterocycles. The minimum absolute atomic E-state index is 0.0981. The lowest BCUT2D eigenvalue weighted by molar-refractivity contribution is -0.139. The molecule has 0 spiro atoms. The zero-order valence-electron chi connectivity index (χ0n) is 20.1. The van der Waals surface area contributed by atoms with Crippen molar-refractivity contribution in [1.82, 2.24) is 10.7 Å². The molecule has 39 heavy (non-hydrogen) atoms. The van der Waals surface area contributed by atoms with E-state index in [0.29, 0.717) is 17.1 Å². The largest absolute Gasteiger partial charge is 0.484 e. The summed E-state index contributed by atoms with van der Waals surface area (Å²) in [7, 11) is 0. The van der Waals surface area contributed by atoms with Crippen LogP contribution in [0.2, 0.25) is 0 Å². The normalized spacial score (nSPS) is 12.2. The second kappa shape index (κ2) is 12.0. The van der Waals surface area contributed by atoms with Crippen molar-refractivity contribution in [1.29, 1.82) is 0 Å².